The van der Waals surface area contributed by atoms with Gasteiger partial charge < -0.3 is 25.5 Å². The van der Waals surface area contributed by atoms with Gasteiger partial charge in [-0.2, -0.15) is 0 Å². The van der Waals surface area contributed by atoms with Crippen LogP contribution in [-0.2, 0) is 9.59 Å². The van der Waals surface area contributed by atoms with Crippen LogP contribution < -0.4 is 5.32 Å². The maximum atomic E-state index is 11.7. The van der Waals surface area contributed by atoms with E-state index in [1.54, 1.807) is 0 Å². The Balaban J connectivity index is 2.56. The third-order valence-corrected chi connectivity index (χ3v) is 3.70. The van der Waals surface area contributed by atoms with Gasteiger partial charge in [-0.3, -0.25) is 14.9 Å². The zero-order chi connectivity index (χ0) is 15.3. The largest absolute Gasteiger partial charge is 0.480 e. The second kappa shape index (κ2) is 7.09. The highest BCUT2D eigenvalue weighted by Crippen LogP contribution is 2.29. The first kappa shape index (κ1) is 17.0. The van der Waals surface area contributed by atoms with E-state index in [0.717, 1.165) is 12.8 Å². The van der Waals surface area contributed by atoms with E-state index in [1.807, 2.05) is 0 Å². The molecule has 0 amide bonds. The van der Waals surface area contributed by atoms with E-state index in [1.165, 1.54) is 0 Å². The van der Waals surface area contributed by atoms with Crippen molar-refractivity contribution in [2.45, 2.75) is 49.5 Å². The highest BCUT2D eigenvalue weighted by molar-refractivity contribution is 5.87. The average molecular weight is 291 g/mol. The maximum Gasteiger partial charge on any atom is 0.323 e. The predicted molar refractivity (Wildman–Crippen MR) is 67.0 cm³/mol. The number of carbonyl (C=O) groups is 2. The van der Waals surface area contributed by atoms with Gasteiger partial charge in [-0.15, -0.1) is 0 Å². The SMILES string of the molecule is O=C(CNC1(C(=O)O)CCCC1)[C@@H](O)[C@H](O)[C@H](O)CO. The molecule has 3 atom stereocenters. The minimum atomic E-state index is -1.88. The first-order valence-corrected chi connectivity index (χ1v) is 6.50. The van der Waals surface area contributed by atoms with Crippen molar-refractivity contribution in [1.82, 2.24) is 5.32 Å². The average Bonchev–Trinajstić information content (AvgIpc) is 2.92. The van der Waals surface area contributed by atoms with Crippen LogP contribution in [-0.4, -0.2) is 74.3 Å². The van der Waals surface area contributed by atoms with Gasteiger partial charge in [0.1, 0.15) is 23.9 Å². The van der Waals surface area contributed by atoms with Crippen molar-refractivity contribution in [3.05, 3.63) is 0 Å². The first-order chi connectivity index (χ1) is 9.34. The molecule has 20 heavy (non-hydrogen) atoms. The van der Waals surface area contributed by atoms with Crippen LogP contribution in [0.3, 0.4) is 0 Å². The van der Waals surface area contributed by atoms with Crippen LogP contribution in [0.15, 0.2) is 0 Å². The smallest absolute Gasteiger partial charge is 0.323 e. The number of aliphatic hydroxyl groups excluding tert-OH is 4. The molecule has 1 aliphatic carbocycles. The van der Waals surface area contributed by atoms with E-state index >= 15 is 0 Å². The zero-order valence-corrected chi connectivity index (χ0v) is 11.0. The van der Waals surface area contributed by atoms with E-state index in [0.29, 0.717) is 12.8 Å². The quantitative estimate of drug-likeness (QED) is 0.290. The Hall–Kier alpha value is -1.06. The summed E-state index contributed by atoms with van der Waals surface area (Å²) in [6.07, 6.45) is -3.05. The molecule has 0 aromatic heterocycles. The molecule has 0 saturated heterocycles. The van der Waals surface area contributed by atoms with Crippen LogP contribution in [0.2, 0.25) is 0 Å². The summed E-state index contributed by atoms with van der Waals surface area (Å²) in [5.41, 5.74) is -1.17. The van der Waals surface area contributed by atoms with Crippen LogP contribution in [0.1, 0.15) is 25.7 Å². The van der Waals surface area contributed by atoms with E-state index < -0.39 is 48.8 Å². The lowest BCUT2D eigenvalue weighted by Gasteiger charge is -2.26. The summed E-state index contributed by atoms with van der Waals surface area (Å²) in [6, 6.07) is 0. The lowest BCUT2D eigenvalue weighted by molar-refractivity contribution is -0.145. The highest BCUT2D eigenvalue weighted by atomic mass is 16.4. The van der Waals surface area contributed by atoms with E-state index in [4.69, 9.17) is 10.2 Å². The molecule has 0 radical (unpaired) electrons. The second-order valence-corrected chi connectivity index (χ2v) is 5.10. The van der Waals surface area contributed by atoms with Crippen LogP contribution in [0.25, 0.3) is 0 Å². The van der Waals surface area contributed by atoms with Gasteiger partial charge in [0.15, 0.2) is 5.78 Å². The Labute approximate surface area is 116 Å². The Morgan fingerprint density at radius 2 is 1.70 bits per heavy atom. The minimum absolute atomic E-state index is 0.396. The van der Waals surface area contributed by atoms with Crippen molar-refractivity contribution in [2.75, 3.05) is 13.2 Å². The molecule has 0 aromatic rings. The summed E-state index contributed by atoms with van der Waals surface area (Å²) in [5, 5.41) is 48.5. The second-order valence-electron chi connectivity index (χ2n) is 5.10. The molecule has 6 N–H and O–H groups in total. The van der Waals surface area contributed by atoms with Gasteiger partial charge in [-0.25, -0.2) is 0 Å². The molecule has 0 bridgehead atoms. The molecule has 0 aliphatic heterocycles. The minimum Gasteiger partial charge on any atom is -0.480 e. The molecule has 0 spiro atoms. The molecule has 1 aliphatic rings. The summed E-state index contributed by atoms with van der Waals surface area (Å²) in [7, 11) is 0. The monoisotopic (exact) mass is 291 g/mol. The summed E-state index contributed by atoms with van der Waals surface area (Å²) < 4.78 is 0. The van der Waals surface area contributed by atoms with Crippen LogP contribution in [0.5, 0.6) is 0 Å². The Bertz CT molecular complexity index is 354. The van der Waals surface area contributed by atoms with Crippen molar-refractivity contribution in [3.63, 3.8) is 0 Å². The molecule has 0 aromatic carbocycles. The Morgan fingerprint density at radius 3 is 2.15 bits per heavy atom. The van der Waals surface area contributed by atoms with E-state index in [9.17, 15) is 24.9 Å². The molecule has 8 heteroatoms. The molecule has 1 fully saturated rings. The number of carboxylic acids is 1. The standard InChI is InChI=1S/C12H21NO7/c14-6-8(16)10(18)9(17)7(15)5-13-12(11(19)20)3-1-2-4-12/h8-10,13-14,16-18H,1-6H2,(H,19,20)/t8-,9-,10-/m1/s1. The number of aliphatic carboxylic acids is 1. The number of nitrogens with one attached hydrogen (secondary N) is 1. The van der Waals surface area contributed by atoms with Gasteiger partial charge in [-0.05, 0) is 12.8 Å². The molecular weight excluding hydrogens is 270 g/mol. The van der Waals surface area contributed by atoms with Gasteiger partial charge in [0.2, 0.25) is 0 Å². The molecule has 0 unspecified atom stereocenters. The third kappa shape index (κ3) is 3.74. The van der Waals surface area contributed by atoms with Crippen LogP contribution >= 0.6 is 0 Å². The first-order valence-electron chi connectivity index (χ1n) is 6.50. The number of carbonyl (C=O) groups excluding carboxylic acids is 1. The van der Waals surface area contributed by atoms with Crippen molar-refractivity contribution >= 4 is 11.8 Å². The number of Topliss-reactive ketones (excluding diaryl/α,β-unsaturated/α-hetero) is 1. The topological polar surface area (TPSA) is 147 Å². The van der Waals surface area contributed by atoms with Crippen molar-refractivity contribution in [3.8, 4) is 0 Å². The maximum absolute atomic E-state index is 11.7. The lowest BCUT2D eigenvalue weighted by atomic mass is 9.97. The molecular formula is C12H21NO7. The molecule has 116 valence electrons. The van der Waals surface area contributed by atoms with Crippen LogP contribution in [0.4, 0.5) is 0 Å². The zero-order valence-electron chi connectivity index (χ0n) is 11.0. The van der Waals surface area contributed by atoms with Gasteiger partial charge in [0.25, 0.3) is 0 Å². The molecule has 1 saturated carbocycles. The van der Waals surface area contributed by atoms with E-state index in [-0.39, 0.29) is 0 Å². The fraction of sp³-hybridized carbons (Fsp3) is 0.833. The normalized spacial score (nSPS) is 22.2. The fourth-order valence-electron chi connectivity index (χ4n) is 2.31. The number of aliphatic hydroxyl groups is 4. The number of hydrogen-bond acceptors (Lipinski definition) is 7. The number of carboxylic acid groups (broad SMARTS) is 1. The number of rotatable bonds is 8. The van der Waals surface area contributed by atoms with Gasteiger partial charge in [-0.1, -0.05) is 12.8 Å². The predicted octanol–water partition coefficient (Wildman–Crippen LogP) is -2.38. The van der Waals surface area contributed by atoms with Crippen LogP contribution in [0, 0.1) is 0 Å². The summed E-state index contributed by atoms with van der Waals surface area (Å²) in [5.74, 6) is -1.88. The fourth-order valence-corrected chi connectivity index (χ4v) is 2.31. The van der Waals surface area contributed by atoms with Crippen molar-refractivity contribution < 1.29 is 35.1 Å². The van der Waals surface area contributed by atoms with Gasteiger partial charge in [0.05, 0.1) is 13.2 Å². The Morgan fingerprint density at radius 1 is 1.15 bits per heavy atom. The summed E-state index contributed by atoms with van der Waals surface area (Å²) in [4.78, 5) is 22.9. The lowest BCUT2D eigenvalue weighted by Crippen LogP contribution is -2.54. The van der Waals surface area contributed by atoms with Gasteiger partial charge in [0, 0.05) is 0 Å². The van der Waals surface area contributed by atoms with Gasteiger partial charge >= 0.3 is 5.97 Å². The number of ketones is 1. The van der Waals surface area contributed by atoms with Crippen molar-refractivity contribution in [1.29, 1.82) is 0 Å². The third-order valence-electron chi connectivity index (χ3n) is 3.70. The van der Waals surface area contributed by atoms with Crippen molar-refractivity contribution in [2.24, 2.45) is 0 Å². The highest BCUT2D eigenvalue weighted by Gasteiger charge is 2.42. The Kier molecular flexibility index (Phi) is 6.03. The summed E-state index contributed by atoms with van der Waals surface area (Å²) in [6.45, 7) is -1.22. The molecule has 0 heterocycles. The van der Waals surface area contributed by atoms with E-state index in [2.05, 4.69) is 5.32 Å². The number of hydrogen-bond donors (Lipinski definition) is 6. The molecule has 1 rings (SSSR count). The molecule has 8 nitrogen and oxygen atoms in total. The summed E-state index contributed by atoms with van der Waals surface area (Å²) >= 11 is 0.